The van der Waals surface area contributed by atoms with Gasteiger partial charge in [-0.3, -0.25) is 9.78 Å². The molecule has 1 fully saturated rings. The molecule has 4 aromatic rings. The Morgan fingerprint density at radius 1 is 1.25 bits per heavy atom. The number of aromatic nitrogens is 4. The molecular weight excluding hydrogens is 608 g/mol. The van der Waals surface area contributed by atoms with Crippen LogP contribution in [0.5, 0.6) is 0 Å². The zero-order valence-corrected chi connectivity index (χ0v) is 26.6. The standard InChI is InChI=1S/C31H32ClF2N7O2S/c1-7-22(42)39-10-11-40(17(5)14-39)29-18-13-19(32)27(23-24(34)20(33)12-16(4)25(23)35)37-30(18)41(31(43)38-29)28-21(44-6)8-9-36-26(28)15(2)3/h7-9,12-13,15,17H,1,10-11,14,35H2,2-6H3/t17-/m0/s1. The molecule has 9 nitrogen and oxygen atoms in total. The Kier molecular flexibility index (Phi) is 8.68. The van der Waals surface area contributed by atoms with Crippen molar-refractivity contribution in [3.05, 3.63) is 75.4 Å². The monoisotopic (exact) mass is 639 g/mol. The molecular formula is C31H32ClF2N7O2S. The molecule has 1 aliphatic heterocycles. The summed E-state index contributed by atoms with van der Waals surface area (Å²) >= 11 is 8.20. The molecule has 230 valence electrons. The number of amides is 1. The molecule has 0 aliphatic carbocycles. The number of carbonyl (C=O) groups excluding carboxylic acids is 1. The first kappa shape index (κ1) is 31.4. The fourth-order valence-corrected chi connectivity index (χ4v) is 6.40. The van der Waals surface area contributed by atoms with Crippen LogP contribution in [0.25, 0.3) is 28.0 Å². The maximum Gasteiger partial charge on any atom is 0.355 e. The summed E-state index contributed by atoms with van der Waals surface area (Å²) in [5, 5.41) is 0.404. The predicted molar refractivity (Wildman–Crippen MR) is 172 cm³/mol. The Balaban J connectivity index is 1.88. The van der Waals surface area contributed by atoms with Crippen LogP contribution in [0.4, 0.5) is 20.3 Å². The molecule has 1 amide bonds. The van der Waals surface area contributed by atoms with Gasteiger partial charge in [-0.05, 0) is 55.9 Å². The summed E-state index contributed by atoms with van der Waals surface area (Å²) in [5.41, 5.74) is 6.74. The lowest BCUT2D eigenvalue weighted by Crippen LogP contribution is -2.54. The number of halogens is 3. The first-order chi connectivity index (χ1) is 20.9. The van der Waals surface area contributed by atoms with Crippen LogP contribution < -0.4 is 16.3 Å². The third-order valence-electron chi connectivity index (χ3n) is 7.80. The molecule has 44 heavy (non-hydrogen) atoms. The largest absolute Gasteiger partial charge is 0.398 e. The van der Waals surface area contributed by atoms with E-state index in [0.29, 0.717) is 47.8 Å². The Hall–Kier alpha value is -4.03. The van der Waals surface area contributed by atoms with Crippen LogP contribution in [0.3, 0.4) is 0 Å². The highest BCUT2D eigenvalue weighted by atomic mass is 35.5. The number of nitrogens with zero attached hydrogens (tertiary/aromatic N) is 6. The topological polar surface area (TPSA) is 110 Å². The van der Waals surface area contributed by atoms with Crippen LogP contribution >= 0.6 is 23.4 Å². The van der Waals surface area contributed by atoms with Crippen molar-refractivity contribution >= 4 is 51.8 Å². The second-order valence-corrected chi connectivity index (χ2v) is 12.2. The van der Waals surface area contributed by atoms with Crippen LogP contribution in [0.2, 0.25) is 5.02 Å². The minimum Gasteiger partial charge on any atom is -0.398 e. The summed E-state index contributed by atoms with van der Waals surface area (Å²) in [6, 6.07) is 4.12. The number of fused-ring (bicyclic) bond motifs is 1. The normalized spacial score (nSPS) is 15.3. The van der Waals surface area contributed by atoms with Crippen molar-refractivity contribution in [2.45, 2.75) is 44.6 Å². The molecule has 1 aliphatic rings. The molecule has 0 spiro atoms. The van der Waals surface area contributed by atoms with Gasteiger partial charge in [-0.2, -0.15) is 4.98 Å². The fraction of sp³-hybridized carbons (Fsp3) is 0.323. The van der Waals surface area contributed by atoms with Crippen LogP contribution in [-0.2, 0) is 4.79 Å². The lowest BCUT2D eigenvalue weighted by molar-refractivity contribution is -0.126. The molecule has 13 heteroatoms. The van der Waals surface area contributed by atoms with Gasteiger partial charge in [0.05, 0.1) is 33.0 Å². The van der Waals surface area contributed by atoms with Crippen molar-refractivity contribution in [1.29, 1.82) is 0 Å². The molecule has 4 heterocycles. The number of nitrogen functional groups attached to an aromatic ring is 1. The van der Waals surface area contributed by atoms with Crippen LogP contribution in [0.1, 0.15) is 37.9 Å². The summed E-state index contributed by atoms with van der Waals surface area (Å²) in [4.78, 5) is 44.6. The minimum absolute atomic E-state index is 0.00478. The molecule has 0 radical (unpaired) electrons. The minimum atomic E-state index is -1.20. The Morgan fingerprint density at radius 3 is 2.61 bits per heavy atom. The number of hydrogen-bond donors (Lipinski definition) is 1. The molecule has 0 saturated carbocycles. The SMILES string of the molecule is C=CC(=O)N1CCN(c2nc(=O)n(-c3c(SC)ccnc3C(C)C)c3nc(-c4c(N)c(C)cc(F)c4F)c(Cl)cc23)[C@@H](C)C1. The molecule has 5 rings (SSSR count). The van der Waals surface area contributed by atoms with Crippen LogP contribution in [-0.4, -0.2) is 62.3 Å². The molecule has 1 aromatic carbocycles. The van der Waals surface area contributed by atoms with E-state index in [0.717, 1.165) is 11.0 Å². The average Bonchev–Trinajstić information content (AvgIpc) is 2.99. The van der Waals surface area contributed by atoms with Crippen molar-refractivity contribution < 1.29 is 13.6 Å². The Labute approximate surface area is 262 Å². The number of hydrogen-bond acceptors (Lipinski definition) is 8. The molecule has 3 aromatic heterocycles. The zero-order chi connectivity index (χ0) is 32.0. The van der Waals surface area contributed by atoms with E-state index in [9.17, 15) is 14.0 Å². The van der Waals surface area contributed by atoms with Gasteiger partial charge < -0.3 is 15.5 Å². The summed E-state index contributed by atoms with van der Waals surface area (Å²) in [5.74, 6) is -2.26. The van der Waals surface area contributed by atoms with Crippen LogP contribution in [0.15, 0.2) is 46.7 Å². The number of benzene rings is 1. The highest BCUT2D eigenvalue weighted by Gasteiger charge is 2.31. The number of anilines is 2. The highest BCUT2D eigenvalue weighted by Crippen LogP contribution is 2.40. The summed E-state index contributed by atoms with van der Waals surface area (Å²) in [6.07, 6.45) is 4.82. The van der Waals surface area contributed by atoms with E-state index in [2.05, 4.69) is 16.5 Å². The third kappa shape index (κ3) is 5.30. The second-order valence-electron chi connectivity index (χ2n) is 11.0. The van der Waals surface area contributed by atoms with Gasteiger partial charge in [-0.15, -0.1) is 11.8 Å². The molecule has 2 N–H and O–H groups in total. The lowest BCUT2D eigenvalue weighted by atomic mass is 10.0. The maximum atomic E-state index is 15.4. The second kappa shape index (κ2) is 12.2. The van der Waals surface area contributed by atoms with Gasteiger partial charge >= 0.3 is 5.69 Å². The van der Waals surface area contributed by atoms with Crippen molar-refractivity contribution in [2.24, 2.45) is 0 Å². The summed E-state index contributed by atoms with van der Waals surface area (Å²) in [7, 11) is 0. The summed E-state index contributed by atoms with van der Waals surface area (Å²) < 4.78 is 31.4. The first-order valence-electron chi connectivity index (χ1n) is 14.0. The number of carbonyl (C=O) groups is 1. The number of thioether (sulfide) groups is 1. The van der Waals surface area contributed by atoms with E-state index in [1.165, 1.54) is 22.4 Å². The van der Waals surface area contributed by atoms with E-state index >= 15 is 4.39 Å². The van der Waals surface area contributed by atoms with E-state index in [4.69, 9.17) is 22.3 Å². The van der Waals surface area contributed by atoms with Gasteiger partial charge in [0, 0.05) is 42.5 Å². The molecule has 1 atom stereocenters. The van der Waals surface area contributed by atoms with Gasteiger partial charge in [0.15, 0.2) is 17.3 Å². The quantitative estimate of drug-likeness (QED) is 0.162. The smallest absolute Gasteiger partial charge is 0.355 e. The maximum absolute atomic E-state index is 15.4. The van der Waals surface area contributed by atoms with Gasteiger partial charge in [-0.1, -0.05) is 32.0 Å². The molecule has 1 saturated heterocycles. The van der Waals surface area contributed by atoms with E-state index in [1.807, 2.05) is 31.9 Å². The molecule has 0 unspecified atom stereocenters. The number of aryl methyl sites for hydroxylation is 1. The van der Waals surface area contributed by atoms with Gasteiger partial charge in [0.1, 0.15) is 5.82 Å². The van der Waals surface area contributed by atoms with E-state index in [1.54, 1.807) is 30.2 Å². The Morgan fingerprint density at radius 2 is 1.98 bits per heavy atom. The van der Waals surface area contributed by atoms with Gasteiger partial charge in [0.2, 0.25) is 5.91 Å². The van der Waals surface area contributed by atoms with Crippen molar-refractivity contribution in [3.63, 3.8) is 0 Å². The van der Waals surface area contributed by atoms with Crippen molar-refractivity contribution in [1.82, 2.24) is 24.4 Å². The fourth-order valence-electron chi connectivity index (χ4n) is 5.56. The zero-order valence-electron chi connectivity index (χ0n) is 25.0. The van der Waals surface area contributed by atoms with E-state index < -0.39 is 17.3 Å². The predicted octanol–water partition coefficient (Wildman–Crippen LogP) is 5.73. The van der Waals surface area contributed by atoms with Crippen molar-refractivity contribution in [3.8, 4) is 16.9 Å². The lowest BCUT2D eigenvalue weighted by Gasteiger charge is -2.40. The first-order valence-corrected chi connectivity index (χ1v) is 15.6. The third-order valence-corrected chi connectivity index (χ3v) is 8.85. The van der Waals surface area contributed by atoms with Gasteiger partial charge in [-0.25, -0.2) is 23.1 Å². The van der Waals surface area contributed by atoms with Crippen molar-refractivity contribution in [2.75, 3.05) is 36.5 Å². The van der Waals surface area contributed by atoms with E-state index in [-0.39, 0.29) is 45.5 Å². The number of nitrogens with two attached hydrogens (primary N) is 1. The van der Waals surface area contributed by atoms with Gasteiger partial charge in [0.25, 0.3) is 0 Å². The highest BCUT2D eigenvalue weighted by molar-refractivity contribution is 7.98. The van der Waals surface area contributed by atoms with Crippen LogP contribution in [0, 0.1) is 18.6 Å². The Bertz CT molecular complexity index is 1850. The molecule has 0 bridgehead atoms. The summed E-state index contributed by atoms with van der Waals surface area (Å²) in [6.45, 7) is 12.1. The number of piperazine rings is 1. The number of rotatable bonds is 6. The average molecular weight is 640 g/mol. The number of pyridine rings is 2.